The molecule has 3 rings (SSSR count). The number of rotatable bonds is 4. The van der Waals surface area contributed by atoms with E-state index in [0.29, 0.717) is 25.4 Å². The first-order chi connectivity index (χ1) is 10.2. The van der Waals surface area contributed by atoms with E-state index >= 15 is 0 Å². The zero-order valence-corrected chi connectivity index (χ0v) is 12.3. The Morgan fingerprint density at radius 3 is 2.81 bits per heavy atom. The highest BCUT2D eigenvalue weighted by molar-refractivity contribution is 7.99. The van der Waals surface area contributed by atoms with Crippen LogP contribution in [0, 0.1) is 0 Å². The van der Waals surface area contributed by atoms with Crippen LogP contribution >= 0.6 is 11.8 Å². The van der Waals surface area contributed by atoms with Crippen molar-refractivity contribution in [2.45, 2.75) is 11.4 Å². The molecule has 6 heteroatoms. The van der Waals surface area contributed by atoms with Crippen LogP contribution in [0.15, 0.2) is 46.2 Å². The Balaban J connectivity index is 1.63. The van der Waals surface area contributed by atoms with E-state index in [1.807, 2.05) is 18.2 Å². The van der Waals surface area contributed by atoms with Crippen molar-refractivity contribution >= 4 is 17.4 Å². The van der Waals surface area contributed by atoms with Gasteiger partial charge in [-0.1, -0.05) is 0 Å². The van der Waals surface area contributed by atoms with E-state index < -0.39 is 0 Å². The van der Waals surface area contributed by atoms with Crippen LogP contribution in [-0.4, -0.2) is 23.5 Å². The minimum absolute atomic E-state index is 0.0352. The number of aryl methyl sites for hydroxylation is 1. The smallest absolute Gasteiger partial charge is 0.250 e. The zero-order valence-electron chi connectivity index (χ0n) is 11.5. The molecule has 0 aliphatic carbocycles. The van der Waals surface area contributed by atoms with Gasteiger partial charge < -0.3 is 19.8 Å². The molecule has 110 valence electrons. The summed E-state index contributed by atoms with van der Waals surface area (Å²) in [6, 6.07) is 9.00. The highest BCUT2D eigenvalue weighted by Gasteiger charge is 2.11. The molecule has 2 aromatic rings. The molecule has 1 aliphatic rings. The Hall–Kier alpha value is -2.08. The summed E-state index contributed by atoms with van der Waals surface area (Å²) in [7, 11) is 0. The van der Waals surface area contributed by atoms with E-state index in [-0.39, 0.29) is 5.56 Å². The molecule has 1 aromatic carbocycles. The summed E-state index contributed by atoms with van der Waals surface area (Å²) >= 11 is 1.67. The van der Waals surface area contributed by atoms with Crippen molar-refractivity contribution in [3.8, 4) is 11.5 Å². The standard InChI is InChI=1S/C15H16N2O3S/c16-11-1-4-15(18)17(10-11)5-8-21-12-2-3-13-14(9-12)20-7-6-19-13/h1-4,9-10H,5-8,16H2. The number of fused-ring (bicyclic) bond motifs is 1. The van der Waals surface area contributed by atoms with Crippen LogP contribution < -0.4 is 20.8 Å². The van der Waals surface area contributed by atoms with E-state index in [2.05, 4.69) is 0 Å². The fourth-order valence-corrected chi connectivity index (χ4v) is 2.98. The van der Waals surface area contributed by atoms with Crippen LogP contribution in [0.4, 0.5) is 5.69 Å². The van der Waals surface area contributed by atoms with Gasteiger partial charge in [0.25, 0.3) is 5.56 Å². The van der Waals surface area contributed by atoms with E-state index in [9.17, 15) is 4.79 Å². The Labute approximate surface area is 126 Å². The molecule has 0 unspecified atom stereocenters. The minimum atomic E-state index is -0.0352. The average molecular weight is 304 g/mol. The number of anilines is 1. The van der Waals surface area contributed by atoms with Gasteiger partial charge in [-0.05, 0) is 24.3 Å². The number of ether oxygens (including phenoxy) is 2. The highest BCUT2D eigenvalue weighted by Crippen LogP contribution is 2.34. The molecule has 0 bridgehead atoms. The summed E-state index contributed by atoms with van der Waals surface area (Å²) in [6.45, 7) is 1.79. The summed E-state index contributed by atoms with van der Waals surface area (Å²) in [6.07, 6.45) is 1.67. The number of nitrogens with zero attached hydrogens (tertiary/aromatic N) is 1. The number of nitrogens with two attached hydrogens (primary N) is 1. The maximum Gasteiger partial charge on any atom is 0.250 e. The fourth-order valence-electron chi connectivity index (χ4n) is 2.10. The van der Waals surface area contributed by atoms with Gasteiger partial charge in [-0.2, -0.15) is 0 Å². The van der Waals surface area contributed by atoms with Crippen LogP contribution in [-0.2, 0) is 6.54 Å². The zero-order chi connectivity index (χ0) is 14.7. The minimum Gasteiger partial charge on any atom is -0.486 e. The predicted octanol–water partition coefficient (Wildman–Crippen LogP) is 1.99. The van der Waals surface area contributed by atoms with E-state index in [1.165, 1.54) is 6.07 Å². The third-order valence-electron chi connectivity index (χ3n) is 3.12. The summed E-state index contributed by atoms with van der Waals surface area (Å²) in [5.74, 6) is 2.35. The third-order valence-corrected chi connectivity index (χ3v) is 4.09. The Morgan fingerprint density at radius 1 is 1.14 bits per heavy atom. The summed E-state index contributed by atoms with van der Waals surface area (Å²) in [5.41, 5.74) is 6.25. The Morgan fingerprint density at radius 2 is 1.95 bits per heavy atom. The molecule has 0 saturated carbocycles. The number of benzene rings is 1. The van der Waals surface area contributed by atoms with Gasteiger partial charge in [-0.15, -0.1) is 11.8 Å². The highest BCUT2D eigenvalue weighted by atomic mass is 32.2. The molecule has 0 amide bonds. The number of pyridine rings is 1. The van der Waals surface area contributed by atoms with Crippen molar-refractivity contribution in [3.05, 3.63) is 46.9 Å². The molecule has 0 radical (unpaired) electrons. The van der Waals surface area contributed by atoms with Crippen molar-refractivity contribution < 1.29 is 9.47 Å². The molecular formula is C15H16N2O3S. The van der Waals surface area contributed by atoms with Gasteiger partial charge in [-0.25, -0.2) is 0 Å². The van der Waals surface area contributed by atoms with Crippen LogP contribution in [0.2, 0.25) is 0 Å². The van der Waals surface area contributed by atoms with Gasteiger partial charge in [0.05, 0.1) is 0 Å². The summed E-state index contributed by atoms with van der Waals surface area (Å²) < 4.78 is 12.7. The number of hydrogen-bond donors (Lipinski definition) is 1. The number of nitrogen functional groups attached to an aromatic ring is 1. The summed E-state index contributed by atoms with van der Waals surface area (Å²) in [5, 5.41) is 0. The summed E-state index contributed by atoms with van der Waals surface area (Å²) in [4.78, 5) is 12.8. The van der Waals surface area contributed by atoms with Gasteiger partial charge in [0.1, 0.15) is 13.2 Å². The van der Waals surface area contributed by atoms with Crippen LogP contribution in [0.5, 0.6) is 11.5 Å². The molecule has 0 atom stereocenters. The maximum absolute atomic E-state index is 11.7. The molecular weight excluding hydrogens is 288 g/mol. The molecule has 0 saturated heterocycles. The number of aromatic nitrogens is 1. The fraction of sp³-hybridized carbons (Fsp3) is 0.267. The van der Waals surface area contributed by atoms with Crippen LogP contribution in [0.3, 0.4) is 0 Å². The lowest BCUT2D eigenvalue weighted by Gasteiger charge is -2.18. The topological polar surface area (TPSA) is 66.5 Å². The Kier molecular flexibility index (Phi) is 4.06. The van der Waals surface area contributed by atoms with Gasteiger partial charge in [0, 0.05) is 35.1 Å². The second kappa shape index (κ2) is 6.13. The quantitative estimate of drug-likeness (QED) is 0.875. The normalized spacial score (nSPS) is 13.1. The maximum atomic E-state index is 11.7. The van der Waals surface area contributed by atoms with Crippen LogP contribution in [0.1, 0.15) is 0 Å². The van der Waals surface area contributed by atoms with Gasteiger partial charge in [0.15, 0.2) is 11.5 Å². The van der Waals surface area contributed by atoms with Gasteiger partial charge >= 0.3 is 0 Å². The average Bonchev–Trinajstić information content (AvgIpc) is 2.50. The predicted molar refractivity (Wildman–Crippen MR) is 83.3 cm³/mol. The monoisotopic (exact) mass is 304 g/mol. The molecule has 5 nitrogen and oxygen atoms in total. The largest absolute Gasteiger partial charge is 0.486 e. The lowest BCUT2D eigenvalue weighted by atomic mass is 10.3. The van der Waals surface area contributed by atoms with E-state index in [0.717, 1.165) is 22.1 Å². The Bertz CT molecular complexity index is 700. The molecule has 1 aromatic heterocycles. The van der Waals surface area contributed by atoms with Crippen molar-refractivity contribution in [1.29, 1.82) is 0 Å². The first-order valence-corrected chi connectivity index (χ1v) is 7.69. The second-order valence-corrected chi connectivity index (χ2v) is 5.82. The SMILES string of the molecule is Nc1ccc(=O)n(CCSc2ccc3c(c2)OCCO3)c1. The lowest BCUT2D eigenvalue weighted by molar-refractivity contribution is 0.171. The van der Waals surface area contributed by atoms with Crippen molar-refractivity contribution in [1.82, 2.24) is 4.57 Å². The van der Waals surface area contributed by atoms with E-state index in [4.69, 9.17) is 15.2 Å². The van der Waals surface area contributed by atoms with Crippen molar-refractivity contribution in [3.63, 3.8) is 0 Å². The molecule has 2 N–H and O–H groups in total. The molecule has 0 spiro atoms. The molecule has 21 heavy (non-hydrogen) atoms. The number of hydrogen-bond acceptors (Lipinski definition) is 5. The molecule has 1 aliphatic heterocycles. The van der Waals surface area contributed by atoms with Crippen molar-refractivity contribution in [2.75, 3.05) is 24.7 Å². The molecule has 0 fully saturated rings. The van der Waals surface area contributed by atoms with Crippen LogP contribution in [0.25, 0.3) is 0 Å². The van der Waals surface area contributed by atoms with E-state index in [1.54, 1.807) is 28.6 Å². The third kappa shape index (κ3) is 3.33. The van der Waals surface area contributed by atoms with Gasteiger partial charge in [-0.3, -0.25) is 4.79 Å². The number of thioether (sulfide) groups is 1. The lowest BCUT2D eigenvalue weighted by Crippen LogP contribution is -2.19. The first kappa shape index (κ1) is 13.9. The first-order valence-electron chi connectivity index (χ1n) is 6.71. The van der Waals surface area contributed by atoms with Gasteiger partial charge in [0.2, 0.25) is 0 Å². The second-order valence-electron chi connectivity index (χ2n) is 4.65. The van der Waals surface area contributed by atoms with Crippen molar-refractivity contribution in [2.24, 2.45) is 0 Å². The molecule has 2 heterocycles.